The van der Waals surface area contributed by atoms with Crippen molar-refractivity contribution in [2.45, 2.75) is 0 Å². The molecule has 2 N–H and O–H groups in total. The Labute approximate surface area is 232 Å². The molecular formula is C28H33ClN8O2. The summed E-state index contributed by atoms with van der Waals surface area (Å²) in [6.07, 6.45) is 0. The fourth-order valence-electron chi connectivity index (χ4n) is 4.94. The number of hydrogen-bond donors (Lipinski definition) is 2. The van der Waals surface area contributed by atoms with Crippen LogP contribution < -0.4 is 15.5 Å². The standard InChI is InChI=1S/C28H33ClN8O2/c1-35-25-18-20(2-7-23(25)27(34-35)30-8-9-36-10-14-38-15-11-36)24-19-26(31-22-5-3-21(29)4-6-22)33-28(32-24)37-12-16-39-17-13-37/h2-7,18-19H,8-17H2,1H3,(H,30,34)(H,31,32,33). The summed E-state index contributed by atoms with van der Waals surface area (Å²) in [6, 6.07) is 16.0. The highest BCUT2D eigenvalue weighted by molar-refractivity contribution is 6.30. The molecule has 4 aromatic rings. The van der Waals surface area contributed by atoms with Crippen molar-refractivity contribution in [1.29, 1.82) is 0 Å². The van der Waals surface area contributed by atoms with Gasteiger partial charge in [-0.2, -0.15) is 10.1 Å². The van der Waals surface area contributed by atoms with Gasteiger partial charge in [-0.1, -0.05) is 17.7 Å². The lowest BCUT2D eigenvalue weighted by Crippen LogP contribution is -2.39. The number of morpholine rings is 2. The van der Waals surface area contributed by atoms with E-state index < -0.39 is 0 Å². The zero-order chi connectivity index (χ0) is 26.6. The lowest BCUT2D eigenvalue weighted by molar-refractivity contribution is 0.0398. The number of fused-ring (bicyclic) bond motifs is 1. The van der Waals surface area contributed by atoms with Crippen molar-refractivity contribution in [3.05, 3.63) is 53.6 Å². The van der Waals surface area contributed by atoms with Crippen LogP contribution in [0, 0.1) is 0 Å². The van der Waals surface area contributed by atoms with Crippen LogP contribution in [-0.4, -0.2) is 90.3 Å². The topological polar surface area (TPSA) is 92.6 Å². The van der Waals surface area contributed by atoms with Gasteiger partial charge in [0.15, 0.2) is 5.82 Å². The average molecular weight is 549 g/mol. The van der Waals surface area contributed by atoms with Crippen LogP contribution in [0.25, 0.3) is 22.2 Å². The molecule has 10 nitrogen and oxygen atoms in total. The number of rotatable bonds is 8. The Bertz CT molecular complexity index is 1420. The van der Waals surface area contributed by atoms with Gasteiger partial charge in [0.25, 0.3) is 0 Å². The van der Waals surface area contributed by atoms with Gasteiger partial charge in [0.05, 0.1) is 37.6 Å². The van der Waals surface area contributed by atoms with Crippen molar-refractivity contribution in [3.8, 4) is 11.3 Å². The molecule has 2 aromatic heterocycles. The molecule has 2 aliphatic heterocycles. The maximum Gasteiger partial charge on any atom is 0.228 e. The molecule has 0 atom stereocenters. The highest BCUT2D eigenvalue weighted by atomic mass is 35.5. The third-order valence-corrected chi connectivity index (χ3v) is 7.35. The first-order chi connectivity index (χ1) is 19.1. The summed E-state index contributed by atoms with van der Waals surface area (Å²) in [4.78, 5) is 14.4. The number of halogens is 1. The predicted molar refractivity (Wildman–Crippen MR) is 155 cm³/mol. The minimum atomic E-state index is 0.663. The van der Waals surface area contributed by atoms with Crippen LogP contribution in [0.2, 0.25) is 5.02 Å². The Morgan fingerprint density at radius 2 is 1.64 bits per heavy atom. The van der Waals surface area contributed by atoms with E-state index in [2.05, 4.69) is 38.6 Å². The molecule has 0 bridgehead atoms. The van der Waals surface area contributed by atoms with E-state index in [0.29, 0.717) is 24.2 Å². The second-order valence-corrected chi connectivity index (χ2v) is 10.2. The van der Waals surface area contributed by atoms with Gasteiger partial charge in [-0.05, 0) is 36.4 Å². The Kier molecular flexibility index (Phi) is 7.78. The van der Waals surface area contributed by atoms with Gasteiger partial charge in [-0.25, -0.2) is 4.98 Å². The zero-order valence-corrected chi connectivity index (χ0v) is 22.8. The van der Waals surface area contributed by atoms with Gasteiger partial charge in [0, 0.05) is 74.0 Å². The van der Waals surface area contributed by atoms with Gasteiger partial charge in [0.1, 0.15) is 5.82 Å². The predicted octanol–water partition coefficient (Wildman–Crippen LogP) is 4.01. The van der Waals surface area contributed by atoms with Crippen LogP contribution in [0.5, 0.6) is 0 Å². The van der Waals surface area contributed by atoms with Crippen molar-refractivity contribution in [2.75, 3.05) is 81.2 Å². The number of anilines is 4. The summed E-state index contributed by atoms with van der Waals surface area (Å²) in [5, 5.41) is 13.5. The Balaban J connectivity index is 1.27. The first-order valence-corrected chi connectivity index (χ1v) is 13.8. The van der Waals surface area contributed by atoms with Gasteiger partial charge in [-0.15, -0.1) is 0 Å². The van der Waals surface area contributed by atoms with E-state index >= 15 is 0 Å². The summed E-state index contributed by atoms with van der Waals surface area (Å²) in [5.74, 6) is 2.30. The molecule has 204 valence electrons. The Morgan fingerprint density at radius 3 is 2.41 bits per heavy atom. The fraction of sp³-hybridized carbons (Fsp3) is 0.393. The lowest BCUT2D eigenvalue weighted by Gasteiger charge is -2.27. The number of benzene rings is 2. The Hall–Kier alpha value is -3.44. The second-order valence-electron chi connectivity index (χ2n) is 9.75. The molecule has 0 unspecified atom stereocenters. The summed E-state index contributed by atoms with van der Waals surface area (Å²) in [7, 11) is 1.98. The highest BCUT2D eigenvalue weighted by Crippen LogP contribution is 2.30. The van der Waals surface area contributed by atoms with Crippen molar-refractivity contribution in [2.24, 2.45) is 7.05 Å². The van der Waals surface area contributed by atoms with Crippen LogP contribution >= 0.6 is 11.6 Å². The number of nitrogens with one attached hydrogen (secondary N) is 2. The number of aryl methyl sites for hydroxylation is 1. The summed E-state index contributed by atoms with van der Waals surface area (Å²) in [6.45, 7) is 8.21. The molecule has 0 saturated carbocycles. The number of hydrogen-bond acceptors (Lipinski definition) is 9. The molecule has 6 rings (SSSR count). The lowest BCUT2D eigenvalue weighted by atomic mass is 10.1. The smallest absolute Gasteiger partial charge is 0.228 e. The fourth-order valence-corrected chi connectivity index (χ4v) is 5.06. The molecule has 0 amide bonds. The molecule has 2 fully saturated rings. The van der Waals surface area contributed by atoms with E-state index in [4.69, 9.17) is 36.1 Å². The van der Waals surface area contributed by atoms with Crippen LogP contribution in [0.15, 0.2) is 48.5 Å². The summed E-state index contributed by atoms with van der Waals surface area (Å²) in [5.41, 5.74) is 3.79. The first-order valence-electron chi connectivity index (χ1n) is 13.4. The summed E-state index contributed by atoms with van der Waals surface area (Å²) >= 11 is 6.08. The van der Waals surface area contributed by atoms with Crippen LogP contribution in [0.1, 0.15) is 0 Å². The normalized spacial score (nSPS) is 16.5. The molecule has 0 aliphatic carbocycles. The van der Waals surface area contributed by atoms with Crippen molar-refractivity contribution in [1.82, 2.24) is 24.6 Å². The van der Waals surface area contributed by atoms with Crippen LogP contribution in [-0.2, 0) is 16.5 Å². The number of nitrogens with zero attached hydrogens (tertiary/aromatic N) is 6. The van der Waals surface area contributed by atoms with Crippen molar-refractivity contribution >= 4 is 45.8 Å². The molecule has 11 heteroatoms. The van der Waals surface area contributed by atoms with E-state index in [1.165, 1.54) is 0 Å². The van der Waals surface area contributed by atoms with Crippen molar-refractivity contribution < 1.29 is 9.47 Å². The first kappa shape index (κ1) is 25.8. The minimum absolute atomic E-state index is 0.663. The largest absolute Gasteiger partial charge is 0.379 e. The highest BCUT2D eigenvalue weighted by Gasteiger charge is 2.18. The molecule has 0 spiro atoms. The third kappa shape index (κ3) is 6.09. The monoisotopic (exact) mass is 548 g/mol. The maximum atomic E-state index is 6.08. The minimum Gasteiger partial charge on any atom is -0.379 e. The van der Waals surface area contributed by atoms with Gasteiger partial charge < -0.3 is 25.0 Å². The van der Waals surface area contributed by atoms with Crippen molar-refractivity contribution in [3.63, 3.8) is 0 Å². The molecular weight excluding hydrogens is 516 g/mol. The van der Waals surface area contributed by atoms with Gasteiger partial charge >= 0.3 is 0 Å². The molecule has 2 aromatic carbocycles. The van der Waals surface area contributed by atoms with E-state index in [-0.39, 0.29) is 0 Å². The zero-order valence-electron chi connectivity index (χ0n) is 22.1. The van der Waals surface area contributed by atoms with Gasteiger partial charge in [-0.3, -0.25) is 9.58 Å². The quantitative estimate of drug-likeness (QED) is 0.339. The Morgan fingerprint density at radius 1 is 0.897 bits per heavy atom. The second kappa shape index (κ2) is 11.7. The summed E-state index contributed by atoms with van der Waals surface area (Å²) < 4.78 is 12.9. The molecule has 2 aliphatic rings. The van der Waals surface area contributed by atoms with E-state index in [1.807, 2.05) is 42.1 Å². The average Bonchev–Trinajstić information content (AvgIpc) is 3.29. The van der Waals surface area contributed by atoms with E-state index in [0.717, 1.165) is 92.0 Å². The SMILES string of the molecule is Cn1nc(NCCN2CCOCC2)c2ccc(-c3cc(Nc4ccc(Cl)cc4)nc(N4CCOCC4)n3)cc21. The van der Waals surface area contributed by atoms with Crippen LogP contribution in [0.3, 0.4) is 0 Å². The van der Waals surface area contributed by atoms with E-state index in [9.17, 15) is 0 Å². The van der Waals surface area contributed by atoms with E-state index in [1.54, 1.807) is 0 Å². The molecule has 2 saturated heterocycles. The molecule has 0 radical (unpaired) electrons. The van der Waals surface area contributed by atoms with Crippen LogP contribution in [0.4, 0.5) is 23.3 Å². The third-order valence-electron chi connectivity index (χ3n) is 7.10. The number of ether oxygens (including phenoxy) is 2. The van der Waals surface area contributed by atoms with Gasteiger partial charge in [0.2, 0.25) is 5.95 Å². The molecule has 4 heterocycles. The maximum absolute atomic E-state index is 6.08. The molecule has 39 heavy (non-hydrogen) atoms. The number of aromatic nitrogens is 4.